The first-order valence-electron chi connectivity index (χ1n) is 4.97. The second kappa shape index (κ2) is 8.24. The average molecular weight is 257 g/mol. The van der Waals surface area contributed by atoms with Crippen molar-refractivity contribution in [1.82, 2.24) is 0 Å². The molecule has 5 heteroatoms. The SMILES string of the molecule is CCNc1ccc(N(C)C)cc1.NC(=S)S. The summed E-state index contributed by atoms with van der Waals surface area (Å²) >= 11 is 7.65. The van der Waals surface area contributed by atoms with E-state index in [1.807, 2.05) is 14.1 Å². The third-order valence-electron chi connectivity index (χ3n) is 1.76. The van der Waals surface area contributed by atoms with Gasteiger partial charge in [-0.05, 0) is 31.2 Å². The lowest BCUT2D eigenvalue weighted by Crippen LogP contribution is -2.08. The first-order chi connectivity index (χ1) is 7.47. The van der Waals surface area contributed by atoms with Gasteiger partial charge < -0.3 is 16.0 Å². The third-order valence-corrected chi connectivity index (χ3v) is 1.76. The fraction of sp³-hybridized carbons (Fsp3) is 0.364. The first kappa shape index (κ1) is 15.1. The van der Waals surface area contributed by atoms with E-state index >= 15 is 0 Å². The molecule has 0 bridgehead atoms. The molecule has 0 aliphatic heterocycles. The van der Waals surface area contributed by atoms with E-state index in [-0.39, 0.29) is 4.32 Å². The second-order valence-corrected chi connectivity index (χ2v) is 4.53. The molecule has 1 rings (SSSR count). The lowest BCUT2D eigenvalue weighted by Gasteiger charge is -2.12. The molecule has 0 unspecified atom stereocenters. The van der Waals surface area contributed by atoms with Crippen molar-refractivity contribution in [2.24, 2.45) is 5.73 Å². The molecule has 3 nitrogen and oxygen atoms in total. The predicted octanol–water partition coefficient (Wildman–Crippen LogP) is 2.34. The molecule has 0 radical (unpaired) electrons. The molecule has 1 aromatic carbocycles. The van der Waals surface area contributed by atoms with Crippen LogP contribution in [0.1, 0.15) is 6.92 Å². The van der Waals surface area contributed by atoms with Crippen molar-refractivity contribution in [3.8, 4) is 0 Å². The normalized spacial score (nSPS) is 8.75. The largest absolute Gasteiger partial charge is 0.385 e. The van der Waals surface area contributed by atoms with Gasteiger partial charge in [-0.25, -0.2) is 0 Å². The molecule has 0 fully saturated rings. The van der Waals surface area contributed by atoms with E-state index in [4.69, 9.17) is 5.73 Å². The maximum Gasteiger partial charge on any atom is 0.128 e. The van der Waals surface area contributed by atoms with Gasteiger partial charge >= 0.3 is 0 Å². The van der Waals surface area contributed by atoms with Crippen LogP contribution in [0.3, 0.4) is 0 Å². The number of benzene rings is 1. The topological polar surface area (TPSA) is 41.3 Å². The zero-order valence-electron chi connectivity index (χ0n) is 9.90. The second-order valence-electron chi connectivity index (χ2n) is 3.31. The molecule has 0 saturated heterocycles. The lowest BCUT2D eigenvalue weighted by molar-refractivity contribution is 1.13. The van der Waals surface area contributed by atoms with Gasteiger partial charge in [0.25, 0.3) is 0 Å². The Bertz CT molecular complexity index is 306. The smallest absolute Gasteiger partial charge is 0.128 e. The summed E-state index contributed by atoms with van der Waals surface area (Å²) in [6.07, 6.45) is 0. The zero-order valence-corrected chi connectivity index (χ0v) is 11.6. The molecular weight excluding hydrogens is 238 g/mol. The van der Waals surface area contributed by atoms with Crippen LogP contribution in [0.4, 0.5) is 11.4 Å². The Balaban J connectivity index is 0.000000487. The molecule has 90 valence electrons. The zero-order chi connectivity index (χ0) is 12.6. The molecule has 0 aliphatic carbocycles. The number of thiol groups is 1. The van der Waals surface area contributed by atoms with Gasteiger partial charge in [-0.1, -0.05) is 12.2 Å². The Kier molecular flexibility index (Phi) is 7.76. The Morgan fingerprint density at radius 2 is 1.81 bits per heavy atom. The van der Waals surface area contributed by atoms with Gasteiger partial charge in [-0.15, -0.1) is 12.6 Å². The number of hydrogen-bond acceptors (Lipinski definition) is 3. The predicted molar refractivity (Wildman–Crippen MR) is 80.7 cm³/mol. The van der Waals surface area contributed by atoms with E-state index in [1.165, 1.54) is 11.4 Å². The highest BCUT2D eigenvalue weighted by atomic mass is 32.1. The molecule has 0 heterocycles. The monoisotopic (exact) mass is 257 g/mol. The van der Waals surface area contributed by atoms with Gasteiger partial charge in [0.15, 0.2) is 0 Å². The fourth-order valence-corrected chi connectivity index (χ4v) is 1.08. The number of anilines is 2. The highest BCUT2D eigenvalue weighted by Crippen LogP contribution is 2.14. The van der Waals surface area contributed by atoms with Crippen molar-refractivity contribution in [2.45, 2.75) is 6.92 Å². The van der Waals surface area contributed by atoms with Crippen LogP contribution in [0, 0.1) is 0 Å². The Hall–Kier alpha value is -0.940. The number of nitrogens with zero attached hydrogens (tertiary/aromatic N) is 1. The fourth-order valence-electron chi connectivity index (χ4n) is 1.08. The van der Waals surface area contributed by atoms with Crippen molar-refractivity contribution < 1.29 is 0 Å². The van der Waals surface area contributed by atoms with Gasteiger partial charge in [0.1, 0.15) is 4.32 Å². The molecule has 0 spiro atoms. The van der Waals surface area contributed by atoms with E-state index in [1.54, 1.807) is 0 Å². The van der Waals surface area contributed by atoms with Gasteiger partial charge in [-0.2, -0.15) is 0 Å². The number of nitrogens with one attached hydrogen (secondary N) is 1. The van der Waals surface area contributed by atoms with E-state index in [0.29, 0.717) is 0 Å². The first-order valence-corrected chi connectivity index (χ1v) is 5.82. The summed E-state index contributed by atoms with van der Waals surface area (Å²) < 4.78 is 0.194. The minimum absolute atomic E-state index is 0.194. The minimum atomic E-state index is 0.194. The highest BCUT2D eigenvalue weighted by molar-refractivity contribution is 8.10. The van der Waals surface area contributed by atoms with Crippen LogP contribution in [-0.2, 0) is 0 Å². The molecule has 0 aliphatic rings. The summed E-state index contributed by atoms with van der Waals surface area (Å²) in [5, 5.41) is 3.26. The molecular formula is C11H19N3S2. The number of thiocarbonyl (C=S) groups is 1. The highest BCUT2D eigenvalue weighted by Gasteiger charge is 1.93. The Labute approximate surface area is 108 Å². The Morgan fingerprint density at radius 3 is 2.12 bits per heavy atom. The summed E-state index contributed by atoms with van der Waals surface area (Å²) in [6, 6.07) is 8.41. The van der Waals surface area contributed by atoms with Crippen molar-refractivity contribution in [1.29, 1.82) is 0 Å². The third kappa shape index (κ3) is 7.36. The van der Waals surface area contributed by atoms with Gasteiger partial charge in [0.05, 0.1) is 0 Å². The maximum atomic E-state index is 4.71. The summed E-state index contributed by atoms with van der Waals surface area (Å²) in [5.74, 6) is 0. The standard InChI is InChI=1S/C10H16N2.CH3NS2/c1-4-11-9-5-7-10(8-6-9)12(2)3;2-1(3)4/h5-8,11H,4H2,1-3H3;(H3,2,3,4). The molecule has 3 N–H and O–H groups in total. The lowest BCUT2D eigenvalue weighted by atomic mass is 10.2. The molecule has 1 aromatic rings. The van der Waals surface area contributed by atoms with Crippen LogP contribution in [0.2, 0.25) is 0 Å². The molecule has 0 aromatic heterocycles. The van der Waals surface area contributed by atoms with Crippen molar-refractivity contribution in [3.63, 3.8) is 0 Å². The summed E-state index contributed by atoms with van der Waals surface area (Å²) in [6.45, 7) is 3.07. The van der Waals surface area contributed by atoms with Crippen LogP contribution >= 0.6 is 24.8 Å². The van der Waals surface area contributed by atoms with Crippen LogP contribution in [0.5, 0.6) is 0 Å². The number of nitrogens with two attached hydrogens (primary N) is 1. The summed E-state index contributed by atoms with van der Waals surface area (Å²) in [5.41, 5.74) is 7.12. The van der Waals surface area contributed by atoms with Gasteiger partial charge in [0.2, 0.25) is 0 Å². The maximum absolute atomic E-state index is 4.71. The average Bonchev–Trinajstić information content (AvgIpc) is 2.18. The summed E-state index contributed by atoms with van der Waals surface area (Å²) in [4.78, 5) is 2.09. The summed E-state index contributed by atoms with van der Waals surface area (Å²) in [7, 11) is 4.09. The molecule has 16 heavy (non-hydrogen) atoms. The molecule has 0 atom stereocenters. The quantitative estimate of drug-likeness (QED) is 0.574. The van der Waals surface area contributed by atoms with Crippen molar-refractivity contribution >= 4 is 40.5 Å². The van der Waals surface area contributed by atoms with Gasteiger partial charge in [-0.3, -0.25) is 0 Å². The number of hydrogen-bond donors (Lipinski definition) is 3. The van der Waals surface area contributed by atoms with Crippen LogP contribution < -0.4 is 16.0 Å². The van der Waals surface area contributed by atoms with E-state index in [9.17, 15) is 0 Å². The minimum Gasteiger partial charge on any atom is -0.385 e. The Morgan fingerprint density at radius 1 is 1.38 bits per heavy atom. The van der Waals surface area contributed by atoms with E-state index in [0.717, 1.165) is 6.54 Å². The van der Waals surface area contributed by atoms with E-state index in [2.05, 4.69) is 66.3 Å². The van der Waals surface area contributed by atoms with Crippen LogP contribution in [0.25, 0.3) is 0 Å². The van der Waals surface area contributed by atoms with Crippen LogP contribution in [0.15, 0.2) is 24.3 Å². The number of rotatable bonds is 3. The molecule has 0 amide bonds. The van der Waals surface area contributed by atoms with Gasteiger partial charge in [0, 0.05) is 32.0 Å². The van der Waals surface area contributed by atoms with Crippen molar-refractivity contribution in [3.05, 3.63) is 24.3 Å². The van der Waals surface area contributed by atoms with Crippen molar-refractivity contribution in [2.75, 3.05) is 30.9 Å². The van der Waals surface area contributed by atoms with Crippen LogP contribution in [-0.4, -0.2) is 25.0 Å². The van der Waals surface area contributed by atoms with E-state index < -0.39 is 0 Å². The molecule has 0 saturated carbocycles.